The van der Waals surface area contributed by atoms with Gasteiger partial charge in [0.1, 0.15) is 18.6 Å². The smallest absolute Gasteiger partial charge is 0.266 e. The Kier molecular flexibility index (Phi) is 15.2. The highest BCUT2D eigenvalue weighted by atomic mass is 32.2. The van der Waals surface area contributed by atoms with Crippen LogP contribution < -0.4 is 15.0 Å². The van der Waals surface area contributed by atoms with E-state index in [0.717, 1.165) is 78.9 Å². The minimum Gasteiger partial charge on any atom is -0.611 e. The normalized spacial score (nSPS) is 15.2. The molecule has 2 heterocycles. The zero-order chi connectivity index (χ0) is 38.5. The molecule has 5 rings (SSSR count). The molecule has 2 atom stereocenters. The Labute approximate surface area is 323 Å². The van der Waals surface area contributed by atoms with Crippen molar-refractivity contribution in [3.05, 3.63) is 96.1 Å². The molecule has 11 nitrogen and oxygen atoms in total. The second-order valence-corrected chi connectivity index (χ2v) is 16.4. The van der Waals surface area contributed by atoms with Gasteiger partial charge in [-0.15, -0.1) is 0 Å². The number of hydrogen-bond acceptors (Lipinski definition) is 9. The fourth-order valence-electron chi connectivity index (χ4n) is 6.29. The number of nitrogens with one attached hydrogen (secondary N) is 1. The number of fused-ring (bicyclic) bond motifs is 1. The standard InChI is InChI=1S/C41H52N4O7S2/c1-5-8-23-50-24-25-51-37-15-9-31(10-16-37)32-11-19-39-34(26-32)27-33(12-20-40(45(39)22-7-3)52-54(4,48)49)41(46)43-35-13-17-38(18-14-35)53(47)29-36-28-42-30-44(36)21-6-2/h9-11,13-19,26-28,30,40H,5-8,12,20-25,29H2,1-4H3,(H,43,46). The van der Waals surface area contributed by atoms with Crippen LogP contribution in [0.5, 0.6) is 5.75 Å². The first-order valence-electron chi connectivity index (χ1n) is 18.7. The molecule has 1 N–H and O–H groups in total. The van der Waals surface area contributed by atoms with E-state index in [1.54, 1.807) is 36.8 Å². The summed E-state index contributed by atoms with van der Waals surface area (Å²) in [7, 11) is -3.80. The lowest BCUT2D eigenvalue weighted by Crippen LogP contribution is -2.40. The summed E-state index contributed by atoms with van der Waals surface area (Å²) in [4.78, 5) is 20.7. The highest BCUT2D eigenvalue weighted by molar-refractivity contribution is 7.90. The van der Waals surface area contributed by atoms with Crippen LogP contribution in [0.25, 0.3) is 17.2 Å². The van der Waals surface area contributed by atoms with E-state index in [2.05, 4.69) is 24.1 Å². The molecule has 2 unspecified atom stereocenters. The number of anilines is 2. The molecular weight excluding hydrogens is 725 g/mol. The predicted molar refractivity (Wildman–Crippen MR) is 215 cm³/mol. The third-order valence-electron chi connectivity index (χ3n) is 8.96. The first kappa shape index (κ1) is 41.0. The Bertz CT molecular complexity index is 1950. The van der Waals surface area contributed by atoms with E-state index in [1.807, 2.05) is 64.9 Å². The van der Waals surface area contributed by atoms with Gasteiger partial charge < -0.3 is 28.8 Å². The van der Waals surface area contributed by atoms with Gasteiger partial charge in [-0.2, -0.15) is 8.42 Å². The summed E-state index contributed by atoms with van der Waals surface area (Å²) >= 11 is -1.29. The van der Waals surface area contributed by atoms with Crippen LogP contribution >= 0.6 is 0 Å². The number of imidazole rings is 1. The Morgan fingerprint density at radius 2 is 1.69 bits per heavy atom. The highest BCUT2D eigenvalue weighted by Crippen LogP contribution is 2.35. The van der Waals surface area contributed by atoms with Crippen molar-refractivity contribution < 1.29 is 31.4 Å². The summed E-state index contributed by atoms with van der Waals surface area (Å²) in [5.74, 6) is 0.778. The van der Waals surface area contributed by atoms with Crippen molar-refractivity contribution in [1.29, 1.82) is 0 Å². The summed E-state index contributed by atoms with van der Waals surface area (Å²) in [6, 6.07) is 20.8. The van der Waals surface area contributed by atoms with E-state index in [0.29, 0.717) is 41.7 Å². The zero-order valence-corrected chi connectivity index (χ0v) is 33.3. The summed E-state index contributed by atoms with van der Waals surface area (Å²) in [5, 5.41) is 3.00. The van der Waals surface area contributed by atoms with Gasteiger partial charge in [0.05, 0.1) is 31.1 Å². The lowest BCUT2D eigenvalue weighted by atomic mass is 9.96. The third-order valence-corrected chi connectivity index (χ3v) is 10.9. The van der Waals surface area contributed by atoms with Gasteiger partial charge in [-0.25, -0.2) is 9.17 Å². The van der Waals surface area contributed by atoms with Crippen LogP contribution in [0, 0.1) is 0 Å². The molecule has 1 aliphatic heterocycles. The minimum absolute atomic E-state index is 0.275. The number of carbonyl (C=O) groups is 1. The second-order valence-electron chi connectivity index (χ2n) is 13.3. The van der Waals surface area contributed by atoms with E-state index < -0.39 is 27.5 Å². The van der Waals surface area contributed by atoms with E-state index >= 15 is 0 Å². The highest BCUT2D eigenvalue weighted by Gasteiger charge is 2.28. The Morgan fingerprint density at radius 3 is 2.39 bits per heavy atom. The molecule has 0 saturated carbocycles. The second kappa shape index (κ2) is 20.0. The van der Waals surface area contributed by atoms with Crippen molar-refractivity contribution in [3.63, 3.8) is 0 Å². The van der Waals surface area contributed by atoms with Crippen molar-refractivity contribution in [2.45, 2.75) is 82.7 Å². The number of benzene rings is 3. The van der Waals surface area contributed by atoms with Crippen LogP contribution in [-0.2, 0) is 47.3 Å². The number of unbranched alkanes of at least 4 members (excludes halogenated alkanes) is 1. The van der Waals surface area contributed by atoms with Crippen molar-refractivity contribution in [1.82, 2.24) is 9.55 Å². The minimum atomic E-state index is -3.80. The van der Waals surface area contributed by atoms with Crippen LogP contribution in [0.15, 0.2) is 89.7 Å². The maximum atomic E-state index is 13.9. The number of ether oxygens (including phenoxy) is 2. The van der Waals surface area contributed by atoms with Gasteiger partial charge in [0.15, 0.2) is 10.6 Å². The molecular formula is C41H52N4O7S2. The molecule has 0 radical (unpaired) electrons. The van der Waals surface area contributed by atoms with Crippen LogP contribution in [0.3, 0.4) is 0 Å². The molecule has 1 amide bonds. The predicted octanol–water partition coefficient (Wildman–Crippen LogP) is 7.80. The maximum absolute atomic E-state index is 13.9. The number of carbonyl (C=O) groups excluding carboxylic acids is 1. The SMILES string of the molecule is CCCCOCCOc1ccc(-c2ccc3c(c2)C=C(C(=O)Nc2ccc([S+]([O-])Cc4cncn4CCC)cc2)CCC(OS(C)(=O)=O)N3CCC)cc1. The molecule has 13 heteroatoms. The first-order valence-corrected chi connectivity index (χ1v) is 21.8. The fraction of sp³-hybridized carbons (Fsp3) is 0.415. The lowest BCUT2D eigenvalue weighted by molar-refractivity contribution is -0.113. The van der Waals surface area contributed by atoms with Crippen LogP contribution in [-0.4, -0.2) is 67.3 Å². The molecule has 0 saturated heterocycles. The Balaban J connectivity index is 1.37. The molecule has 0 spiro atoms. The fourth-order valence-corrected chi connectivity index (χ4v) is 8.01. The van der Waals surface area contributed by atoms with Gasteiger partial charge in [-0.1, -0.05) is 45.4 Å². The van der Waals surface area contributed by atoms with E-state index in [9.17, 15) is 17.8 Å². The van der Waals surface area contributed by atoms with Gasteiger partial charge >= 0.3 is 0 Å². The topological polar surface area (TPSA) is 135 Å². The zero-order valence-electron chi connectivity index (χ0n) is 31.7. The number of amides is 1. The first-order chi connectivity index (χ1) is 26.1. The number of rotatable bonds is 19. The Morgan fingerprint density at radius 1 is 0.944 bits per heavy atom. The van der Waals surface area contributed by atoms with Crippen LogP contribution in [0.2, 0.25) is 0 Å². The van der Waals surface area contributed by atoms with Gasteiger partial charge in [-0.3, -0.25) is 4.79 Å². The average molecular weight is 777 g/mol. The molecule has 54 heavy (non-hydrogen) atoms. The molecule has 0 fully saturated rings. The summed E-state index contributed by atoms with van der Waals surface area (Å²) in [5.41, 5.74) is 5.38. The largest absolute Gasteiger partial charge is 0.611 e. The van der Waals surface area contributed by atoms with Gasteiger partial charge in [0, 0.05) is 36.6 Å². The van der Waals surface area contributed by atoms with Gasteiger partial charge in [0.25, 0.3) is 16.0 Å². The quantitative estimate of drug-likeness (QED) is 0.0575. The summed E-state index contributed by atoms with van der Waals surface area (Å²) in [6.07, 6.45) is 10.0. The molecule has 0 aliphatic carbocycles. The average Bonchev–Trinajstić information content (AvgIpc) is 3.58. The third kappa shape index (κ3) is 11.7. The summed E-state index contributed by atoms with van der Waals surface area (Å²) in [6.45, 7) is 9.36. The molecule has 0 bridgehead atoms. The molecule has 1 aromatic heterocycles. The van der Waals surface area contributed by atoms with Crippen molar-refractivity contribution in [2.75, 3.05) is 42.8 Å². The van der Waals surface area contributed by atoms with Gasteiger partial charge in [-0.05, 0) is 115 Å². The van der Waals surface area contributed by atoms with Crippen LogP contribution in [0.4, 0.5) is 11.4 Å². The number of hydrogen-bond donors (Lipinski definition) is 1. The van der Waals surface area contributed by atoms with E-state index in [4.69, 9.17) is 13.7 Å². The number of aromatic nitrogens is 2. The van der Waals surface area contributed by atoms with Crippen molar-refractivity contribution >= 4 is 44.7 Å². The Hall–Kier alpha value is -4.14. The monoisotopic (exact) mass is 776 g/mol. The van der Waals surface area contributed by atoms with Crippen molar-refractivity contribution in [2.24, 2.45) is 0 Å². The van der Waals surface area contributed by atoms with E-state index in [-0.39, 0.29) is 18.7 Å². The molecule has 3 aromatic carbocycles. The van der Waals surface area contributed by atoms with Crippen LogP contribution in [0.1, 0.15) is 70.6 Å². The van der Waals surface area contributed by atoms with Crippen molar-refractivity contribution in [3.8, 4) is 16.9 Å². The van der Waals surface area contributed by atoms with Gasteiger partial charge in [0.2, 0.25) is 0 Å². The summed E-state index contributed by atoms with van der Waals surface area (Å²) < 4.78 is 57.2. The molecule has 4 aromatic rings. The number of nitrogens with zero attached hydrogens (tertiary/aromatic N) is 3. The lowest BCUT2D eigenvalue weighted by Gasteiger charge is -2.35. The molecule has 1 aliphatic rings. The van der Waals surface area contributed by atoms with E-state index in [1.165, 1.54) is 0 Å². The number of aryl methyl sites for hydroxylation is 1. The maximum Gasteiger partial charge on any atom is 0.266 e. The molecule has 290 valence electrons.